The van der Waals surface area contributed by atoms with Crippen molar-refractivity contribution in [2.75, 3.05) is 26.2 Å². The van der Waals surface area contributed by atoms with Crippen LogP contribution in [0.15, 0.2) is 24.3 Å². The molecular formula is C17H27NO. The number of rotatable bonds is 8. The van der Waals surface area contributed by atoms with Crippen LogP contribution in [-0.2, 0) is 6.42 Å². The molecule has 1 aliphatic rings. The molecule has 0 amide bonds. The zero-order chi connectivity index (χ0) is 13.3. The Morgan fingerprint density at radius 1 is 1.00 bits per heavy atom. The van der Waals surface area contributed by atoms with Crippen molar-refractivity contribution in [3.8, 4) is 5.75 Å². The number of ether oxygens (including phenoxy) is 1. The van der Waals surface area contributed by atoms with Gasteiger partial charge in [-0.15, -0.1) is 0 Å². The Hall–Kier alpha value is -1.02. The van der Waals surface area contributed by atoms with Crippen LogP contribution < -0.4 is 4.74 Å². The fraction of sp³-hybridized carbons (Fsp3) is 0.647. The molecule has 0 aliphatic carbocycles. The van der Waals surface area contributed by atoms with E-state index in [1.807, 2.05) is 0 Å². The molecule has 19 heavy (non-hydrogen) atoms. The van der Waals surface area contributed by atoms with Crippen LogP contribution in [0.5, 0.6) is 5.75 Å². The van der Waals surface area contributed by atoms with Crippen molar-refractivity contribution < 1.29 is 4.74 Å². The number of hydrogen-bond donors (Lipinski definition) is 0. The molecule has 0 bridgehead atoms. The van der Waals surface area contributed by atoms with Gasteiger partial charge in [0.2, 0.25) is 0 Å². The van der Waals surface area contributed by atoms with Crippen molar-refractivity contribution in [2.24, 2.45) is 0 Å². The Balaban J connectivity index is 1.51. The zero-order valence-electron chi connectivity index (χ0n) is 12.2. The molecule has 0 aromatic heterocycles. The molecule has 0 radical (unpaired) electrons. The maximum absolute atomic E-state index is 5.76. The van der Waals surface area contributed by atoms with Crippen molar-refractivity contribution in [1.29, 1.82) is 0 Å². The number of likely N-dealkylation sites (tertiary alicyclic amines) is 1. The van der Waals surface area contributed by atoms with Gasteiger partial charge in [0.15, 0.2) is 0 Å². The summed E-state index contributed by atoms with van der Waals surface area (Å²) in [5.41, 5.74) is 1.37. The molecular weight excluding hydrogens is 234 g/mol. The highest BCUT2D eigenvalue weighted by Crippen LogP contribution is 2.13. The van der Waals surface area contributed by atoms with Crippen LogP contribution in [0.25, 0.3) is 0 Å². The lowest BCUT2D eigenvalue weighted by molar-refractivity contribution is 0.290. The van der Waals surface area contributed by atoms with E-state index in [9.17, 15) is 0 Å². The summed E-state index contributed by atoms with van der Waals surface area (Å²) in [7, 11) is 0. The molecule has 106 valence electrons. The normalized spacial score (nSPS) is 15.8. The first-order chi connectivity index (χ1) is 9.38. The maximum atomic E-state index is 5.76. The average Bonchev–Trinajstić information content (AvgIpc) is 2.96. The van der Waals surface area contributed by atoms with Crippen LogP contribution >= 0.6 is 0 Å². The first kappa shape index (κ1) is 14.4. The lowest BCUT2D eigenvalue weighted by Gasteiger charge is -2.13. The van der Waals surface area contributed by atoms with Crippen molar-refractivity contribution in [2.45, 2.75) is 45.4 Å². The Bertz CT molecular complexity index is 341. The smallest absolute Gasteiger partial charge is 0.119 e. The number of unbranched alkanes of at least 4 members (excludes halogenated alkanes) is 2. The number of aryl methyl sites for hydroxylation is 1. The van der Waals surface area contributed by atoms with Crippen molar-refractivity contribution in [3.63, 3.8) is 0 Å². The molecule has 0 N–H and O–H groups in total. The van der Waals surface area contributed by atoms with Crippen LogP contribution in [-0.4, -0.2) is 31.1 Å². The highest BCUT2D eigenvalue weighted by molar-refractivity contribution is 5.27. The minimum Gasteiger partial charge on any atom is -0.494 e. The molecule has 1 saturated heterocycles. The number of benzene rings is 1. The van der Waals surface area contributed by atoms with Crippen LogP contribution in [0.2, 0.25) is 0 Å². The monoisotopic (exact) mass is 261 g/mol. The minimum atomic E-state index is 0.853. The van der Waals surface area contributed by atoms with Crippen molar-refractivity contribution in [1.82, 2.24) is 4.90 Å². The molecule has 1 aliphatic heterocycles. The lowest BCUT2D eigenvalue weighted by atomic mass is 10.2. The molecule has 1 aromatic carbocycles. The van der Waals surface area contributed by atoms with Crippen LogP contribution in [0, 0.1) is 0 Å². The Morgan fingerprint density at radius 2 is 1.74 bits per heavy atom. The van der Waals surface area contributed by atoms with Crippen LogP contribution in [0.1, 0.15) is 44.6 Å². The average molecular weight is 261 g/mol. The van der Waals surface area contributed by atoms with E-state index in [0.29, 0.717) is 0 Å². The van der Waals surface area contributed by atoms with E-state index >= 15 is 0 Å². The molecule has 1 heterocycles. The van der Waals surface area contributed by atoms with Gasteiger partial charge in [0.1, 0.15) is 5.75 Å². The SMILES string of the molecule is CCc1ccc(OCCCCCN2CCCC2)cc1. The van der Waals surface area contributed by atoms with E-state index < -0.39 is 0 Å². The van der Waals surface area contributed by atoms with Gasteiger partial charge >= 0.3 is 0 Å². The Kier molecular flexibility index (Phi) is 6.22. The summed E-state index contributed by atoms with van der Waals surface area (Å²) in [6.45, 7) is 6.95. The summed E-state index contributed by atoms with van der Waals surface area (Å²) in [6.07, 6.45) is 7.66. The second-order valence-corrected chi connectivity index (χ2v) is 5.46. The maximum Gasteiger partial charge on any atom is 0.119 e. The Labute approximate surface area is 117 Å². The fourth-order valence-corrected chi connectivity index (χ4v) is 2.63. The Morgan fingerprint density at radius 3 is 2.42 bits per heavy atom. The predicted octanol–water partition coefficient (Wildman–Crippen LogP) is 3.89. The van der Waals surface area contributed by atoms with Crippen LogP contribution in [0.3, 0.4) is 0 Å². The third kappa shape index (κ3) is 5.23. The van der Waals surface area contributed by atoms with Crippen molar-refractivity contribution in [3.05, 3.63) is 29.8 Å². The van der Waals surface area contributed by atoms with E-state index in [2.05, 4.69) is 36.1 Å². The van der Waals surface area contributed by atoms with Gasteiger partial charge in [-0.2, -0.15) is 0 Å². The summed E-state index contributed by atoms with van der Waals surface area (Å²) >= 11 is 0. The minimum absolute atomic E-state index is 0.853. The third-order valence-electron chi connectivity index (χ3n) is 3.92. The molecule has 0 unspecified atom stereocenters. The largest absolute Gasteiger partial charge is 0.494 e. The van der Waals surface area contributed by atoms with Gasteiger partial charge in [0, 0.05) is 0 Å². The van der Waals surface area contributed by atoms with Gasteiger partial charge in [-0.05, 0) is 75.9 Å². The van der Waals surface area contributed by atoms with E-state index in [1.54, 1.807) is 0 Å². The lowest BCUT2D eigenvalue weighted by Crippen LogP contribution is -2.20. The quantitative estimate of drug-likeness (QED) is 0.658. The fourth-order valence-electron chi connectivity index (χ4n) is 2.63. The molecule has 0 saturated carbocycles. The number of nitrogens with zero attached hydrogens (tertiary/aromatic N) is 1. The zero-order valence-corrected chi connectivity index (χ0v) is 12.2. The second-order valence-electron chi connectivity index (χ2n) is 5.46. The second kappa shape index (κ2) is 8.21. The summed E-state index contributed by atoms with van der Waals surface area (Å²) in [5, 5.41) is 0. The highest BCUT2D eigenvalue weighted by Gasteiger charge is 2.09. The highest BCUT2D eigenvalue weighted by atomic mass is 16.5. The van der Waals surface area contributed by atoms with E-state index in [1.165, 1.54) is 57.3 Å². The molecule has 1 aromatic rings. The first-order valence-electron chi connectivity index (χ1n) is 7.82. The van der Waals surface area contributed by atoms with E-state index in [4.69, 9.17) is 4.74 Å². The molecule has 2 rings (SSSR count). The summed E-state index contributed by atoms with van der Waals surface area (Å²) in [4.78, 5) is 2.59. The van der Waals surface area contributed by atoms with Gasteiger partial charge in [-0.1, -0.05) is 19.1 Å². The van der Waals surface area contributed by atoms with Gasteiger partial charge < -0.3 is 9.64 Å². The van der Waals surface area contributed by atoms with E-state index in [0.717, 1.165) is 18.8 Å². The third-order valence-corrected chi connectivity index (χ3v) is 3.92. The number of hydrogen-bond acceptors (Lipinski definition) is 2. The first-order valence-corrected chi connectivity index (χ1v) is 7.82. The van der Waals surface area contributed by atoms with Gasteiger partial charge in [0.25, 0.3) is 0 Å². The van der Waals surface area contributed by atoms with Crippen LogP contribution in [0.4, 0.5) is 0 Å². The molecule has 2 heteroatoms. The van der Waals surface area contributed by atoms with Gasteiger partial charge in [-0.25, -0.2) is 0 Å². The molecule has 1 fully saturated rings. The molecule has 2 nitrogen and oxygen atoms in total. The summed E-state index contributed by atoms with van der Waals surface area (Å²) in [6, 6.07) is 8.48. The summed E-state index contributed by atoms with van der Waals surface area (Å²) < 4.78 is 5.76. The van der Waals surface area contributed by atoms with Gasteiger partial charge in [0.05, 0.1) is 6.61 Å². The summed E-state index contributed by atoms with van der Waals surface area (Å²) in [5.74, 6) is 1.01. The van der Waals surface area contributed by atoms with Crippen molar-refractivity contribution >= 4 is 0 Å². The van der Waals surface area contributed by atoms with E-state index in [-0.39, 0.29) is 0 Å². The molecule has 0 atom stereocenters. The van der Waals surface area contributed by atoms with Gasteiger partial charge in [-0.3, -0.25) is 0 Å². The topological polar surface area (TPSA) is 12.5 Å². The standard InChI is InChI=1S/C17H27NO/c1-2-16-8-10-17(11-9-16)19-15-7-3-4-12-18-13-5-6-14-18/h8-11H,2-7,12-15H2,1H3. The predicted molar refractivity (Wildman–Crippen MR) is 80.8 cm³/mol. The molecule has 0 spiro atoms.